The zero-order chi connectivity index (χ0) is 28.2. The van der Waals surface area contributed by atoms with Gasteiger partial charge >= 0.3 is 5.97 Å². The summed E-state index contributed by atoms with van der Waals surface area (Å²) in [7, 11) is 0. The van der Waals surface area contributed by atoms with Crippen LogP contribution < -0.4 is 18.9 Å². The molecule has 39 heavy (non-hydrogen) atoms. The molecule has 0 amide bonds. The number of ether oxygens (including phenoxy) is 5. The smallest absolute Gasteiger partial charge is 0.307 e. The van der Waals surface area contributed by atoms with E-state index >= 15 is 0 Å². The predicted octanol–water partition coefficient (Wildman–Crippen LogP) is 7.25. The number of rotatable bonds is 15. The maximum Gasteiger partial charge on any atom is 0.307 e. The Morgan fingerprint density at radius 3 is 2.03 bits per heavy atom. The van der Waals surface area contributed by atoms with Gasteiger partial charge in [0.15, 0.2) is 0 Å². The lowest BCUT2D eigenvalue weighted by atomic mass is 9.96. The number of nitrogens with zero attached hydrogens (tertiary/aromatic N) is 1. The van der Waals surface area contributed by atoms with Gasteiger partial charge < -0.3 is 28.6 Å². The fourth-order valence-electron chi connectivity index (χ4n) is 5.05. The Bertz CT molecular complexity index is 1100. The summed E-state index contributed by atoms with van der Waals surface area (Å²) >= 11 is 0. The number of piperidine rings is 1. The van der Waals surface area contributed by atoms with Gasteiger partial charge in [-0.05, 0) is 85.7 Å². The van der Waals surface area contributed by atoms with Crippen LogP contribution in [0.3, 0.4) is 0 Å². The van der Waals surface area contributed by atoms with E-state index in [-0.39, 0.29) is 5.97 Å². The number of hydrogen-bond donors (Lipinski definition) is 0. The molecule has 0 unspecified atom stereocenters. The van der Waals surface area contributed by atoms with Gasteiger partial charge in [-0.2, -0.15) is 0 Å². The van der Waals surface area contributed by atoms with Crippen molar-refractivity contribution >= 4 is 16.7 Å². The highest BCUT2D eigenvalue weighted by atomic mass is 16.5. The van der Waals surface area contributed by atoms with Gasteiger partial charge in [0.25, 0.3) is 0 Å². The second-order valence-corrected chi connectivity index (χ2v) is 9.98. The number of hydrogen-bond acceptors (Lipinski definition) is 7. The highest BCUT2D eigenvalue weighted by molar-refractivity contribution is 6.03. The molecule has 0 bridgehead atoms. The third-order valence-electron chi connectivity index (χ3n) is 6.78. The van der Waals surface area contributed by atoms with Gasteiger partial charge in [-0.3, -0.25) is 4.79 Å². The number of carbonyl (C=O) groups excluding carboxylic acids is 1. The highest BCUT2D eigenvalue weighted by Crippen LogP contribution is 2.49. The Kier molecular flexibility index (Phi) is 12.2. The van der Waals surface area contributed by atoms with E-state index in [2.05, 4.69) is 11.0 Å². The molecule has 1 heterocycles. The molecule has 7 nitrogen and oxygen atoms in total. The monoisotopic (exact) mass is 541 g/mol. The first-order valence-corrected chi connectivity index (χ1v) is 14.6. The van der Waals surface area contributed by atoms with Crippen molar-refractivity contribution < 1.29 is 28.5 Å². The molecule has 1 aliphatic rings. The maximum atomic E-state index is 13.2. The van der Waals surface area contributed by atoms with Crippen LogP contribution in [0.15, 0.2) is 29.8 Å². The minimum absolute atomic E-state index is 0.207. The largest absolute Gasteiger partial charge is 0.493 e. The normalized spacial score (nSPS) is 14.5. The van der Waals surface area contributed by atoms with Crippen molar-refractivity contribution in [3.8, 4) is 23.0 Å². The number of benzene rings is 2. The van der Waals surface area contributed by atoms with Gasteiger partial charge in [0.1, 0.15) is 29.1 Å². The quantitative estimate of drug-likeness (QED) is 0.174. The van der Waals surface area contributed by atoms with E-state index in [9.17, 15) is 4.79 Å². The molecule has 2 aromatic carbocycles. The molecule has 0 N–H and O–H groups in total. The van der Waals surface area contributed by atoms with Crippen LogP contribution in [0.25, 0.3) is 10.8 Å². The van der Waals surface area contributed by atoms with Crippen molar-refractivity contribution in [1.82, 2.24) is 4.90 Å². The van der Waals surface area contributed by atoms with Crippen molar-refractivity contribution in [3.63, 3.8) is 0 Å². The van der Waals surface area contributed by atoms with Gasteiger partial charge in [-0.25, -0.2) is 0 Å². The lowest BCUT2D eigenvalue weighted by molar-refractivity contribution is -0.149. The zero-order valence-electron chi connectivity index (χ0n) is 24.8. The van der Waals surface area contributed by atoms with Crippen LogP contribution in [0, 0.1) is 0 Å². The van der Waals surface area contributed by atoms with Crippen molar-refractivity contribution in [2.45, 2.75) is 79.8 Å². The van der Waals surface area contributed by atoms with Crippen LogP contribution in [-0.2, 0) is 9.53 Å². The molecule has 0 radical (unpaired) electrons. The Balaban J connectivity index is 2.13. The lowest BCUT2D eigenvalue weighted by Gasteiger charge is -2.27. The minimum Gasteiger partial charge on any atom is -0.493 e. The summed E-state index contributed by atoms with van der Waals surface area (Å²) in [6, 6.07) is 5.78. The molecule has 0 saturated carbocycles. The first kappa shape index (κ1) is 30.6. The summed E-state index contributed by atoms with van der Waals surface area (Å²) in [5.74, 6) is 2.46. The van der Waals surface area contributed by atoms with Gasteiger partial charge in [0.2, 0.25) is 0 Å². The number of likely N-dealkylation sites (tertiary alicyclic amines) is 1. The summed E-state index contributed by atoms with van der Waals surface area (Å²) in [4.78, 5) is 15.5. The molecule has 1 atom stereocenters. The minimum atomic E-state index is -0.538. The molecule has 1 saturated heterocycles. The molecule has 7 heteroatoms. The molecular formula is C32H47NO6. The fourth-order valence-corrected chi connectivity index (χ4v) is 5.05. The number of allylic oxidation sites excluding steroid dienone is 1. The van der Waals surface area contributed by atoms with Gasteiger partial charge in [-0.1, -0.05) is 18.1 Å². The molecule has 2 aromatic rings. The summed E-state index contributed by atoms with van der Waals surface area (Å²) < 4.78 is 30.8. The molecule has 1 fully saturated rings. The van der Waals surface area contributed by atoms with Crippen LogP contribution in [0.1, 0.15) is 85.3 Å². The Hall–Kier alpha value is -2.93. The van der Waals surface area contributed by atoms with E-state index < -0.39 is 6.10 Å². The van der Waals surface area contributed by atoms with Crippen LogP contribution >= 0.6 is 0 Å². The average molecular weight is 542 g/mol. The zero-order valence-corrected chi connectivity index (χ0v) is 24.8. The third-order valence-corrected chi connectivity index (χ3v) is 6.78. The molecule has 216 valence electrons. The molecule has 3 rings (SSSR count). The fraction of sp³-hybridized carbons (Fsp3) is 0.594. The van der Waals surface area contributed by atoms with Crippen molar-refractivity contribution in [2.24, 2.45) is 0 Å². The highest BCUT2D eigenvalue weighted by Gasteiger charge is 2.28. The first-order chi connectivity index (χ1) is 18.9. The van der Waals surface area contributed by atoms with Crippen LogP contribution in [0.5, 0.6) is 23.0 Å². The molecule has 0 aromatic heterocycles. The average Bonchev–Trinajstić information content (AvgIpc) is 2.93. The van der Waals surface area contributed by atoms with E-state index in [1.807, 2.05) is 59.7 Å². The van der Waals surface area contributed by atoms with Crippen molar-refractivity contribution in [2.75, 3.05) is 46.1 Å². The number of esters is 1. The summed E-state index contributed by atoms with van der Waals surface area (Å²) in [5.41, 5.74) is 1.92. The van der Waals surface area contributed by atoms with Crippen LogP contribution in [-0.4, -0.2) is 56.9 Å². The van der Waals surface area contributed by atoms with Crippen LogP contribution in [0.2, 0.25) is 0 Å². The number of carbonyl (C=O) groups is 1. The first-order valence-electron chi connectivity index (χ1n) is 14.6. The summed E-state index contributed by atoms with van der Waals surface area (Å²) in [6.07, 6.45) is 6.11. The SMILES string of the molecule is CCOc1ccc(OCC)c2c(OCC)c([C@H](CC=C(C)C)OC(=O)CCN3CCCCC3)cc(OCC)c12. The topological polar surface area (TPSA) is 66.5 Å². The van der Waals surface area contributed by atoms with Gasteiger partial charge in [0.05, 0.1) is 43.6 Å². The Morgan fingerprint density at radius 2 is 1.44 bits per heavy atom. The maximum absolute atomic E-state index is 13.2. The molecular weight excluding hydrogens is 494 g/mol. The molecule has 0 spiro atoms. The van der Waals surface area contributed by atoms with Crippen LogP contribution in [0.4, 0.5) is 0 Å². The van der Waals surface area contributed by atoms with E-state index in [4.69, 9.17) is 23.7 Å². The second kappa shape index (κ2) is 15.6. The van der Waals surface area contributed by atoms with Gasteiger partial charge in [-0.15, -0.1) is 0 Å². The van der Waals surface area contributed by atoms with Gasteiger partial charge in [0, 0.05) is 18.5 Å². The second-order valence-electron chi connectivity index (χ2n) is 9.98. The van der Waals surface area contributed by atoms with E-state index in [0.29, 0.717) is 62.3 Å². The molecule has 0 aliphatic carbocycles. The Labute approximate surface area is 234 Å². The number of fused-ring (bicyclic) bond motifs is 1. The molecule has 1 aliphatic heterocycles. The van der Waals surface area contributed by atoms with Crippen molar-refractivity contribution in [1.29, 1.82) is 0 Å². The van der Waals surface area contributed by atoms with Crippen molar-refractivity contribution in [3.05, 3.63) is 35.4 Å². The lowest BCUT2D eigenvalue weighted by Crippen LogP contribution is -2.32. The summed E-state index contributed by atoms with van der Waals surface area (Å²) in [5, 5.41) is 1.58. The third kappa shape index (κ3) is 8.28. The Morgan fingerprint density at radius 1 is 0.846 bits per heavy atom. The standard InChI is InChI=1S/C32H47NO6/c1-7-35-26-16-17-27(36-8-2)31-30(26)28(37-9-3)22-24(32(31)38-10-4)25(15-14-23(5)6)39-29(34)18-21-33-19-12-11-13-20-33/h14,16-17,22,25H,7-13,15,18-21H2,1-6H3/t25-/m0/s1. The van der Waals surface area contributed by atoms with E-state index in [1.165, 1.54) is 19.3 Å². The van der Waals surface area contributed by atoms with E-state index in [0.717, 1.165) is 41.5 Å². The summed E-state index contributed by atoms with van der Waals surface area (Å²) in [6.45, 7) is 16.7. The van der Waals surface area contributed by atoms with E-state index in [1.54, 1.807) is 0 Å². The predicted molar refractivity (Wildman–Crippen MR) is 156 cm³/mol.